The van der Waals surface area contributed by atoms with Crippen molar-refractivity contribution in [3.63, 3.8) is 0 Å². The Hall–Kier alpha value is -0.860. The quantitative estimate of drug-likeness (QED) is 0.279. The summed E-state index contributed by atoms with van der Waals surface area (Å²) in [7, 11) is 1.86. The standard InChI is InChI=1S/C22H35N3O2.HI/c1-17(2)19-10-8-18(9-11-19)6-4-12-24-22(23-3)25-13-15-27-21(16-25)20-7-5-14-26-20;/h8-11,17,20-21H,4-7,12-16H2,1-3H3,(H,23,24);1H. The van der Waals surface area contributed by atoms with Gasteiger partial charge in [0.15, 0.2) is 5.96 Å². The molecule has 2 heterocycles. The molecule has 2 saturated heterocycles. The monoisotopic (exact) mass is 501 g/mol. The second-order valence-electron chi connectivity index (χ2n) is 7.88. The molecule has 2 unspecified atom stereocenters. The first kappa shape index (κ1) is 23.4. The SMILES string of the molecule is CN=C(NCCCc1ccc(C(C)C)cc1)N1CCOC(C2CCCO2)C1.I. The van der Waals surface area contributed by atoms with E-state index in [-0.39, 0.29) is 36.2 Å². The molecule has 3 rings (SSSR count). The van der Waals surface area contributed by atoms with Crippen molar-refractivity contribution in [2.24, 2.45) is 4.99 Å². The van der Waals surface area contributed by atoms with Crippen LogP contribution >= 0.6 is 24.0 Å². The van der Waals surface area contributed by atoms with Gasteiger partial charge in [0.05, 0.1) is 12.7 Å². The van der Waals surface area contributed by atoms with Crippen LogP contribution in [0.2, 0.25) is 0 Å². The van der Waals surface area contributed by atoms with Gasteiger partial charge < -0.3 is 19.7 Å². The number of halogens is 1. The number of nitrogens with one attached hydrogen (secondary N) is 1. The van der Waals surface area contributed by atoms with Crippen molar-refractivity contribution in [3.05, 3.63) is 35.4 Å². The molecule has 0 amide bonds. The van der Waals surface area contributed by atoms with Crippen LogP contribution in [0.15, 0.2) is 29.3 Å². The highest BCUT2D eigenvalue weighted by Crippen LogP contribution is 2.21. The molecule has 0 spiro atoms. The van der Waals surface area contributed by atoms with Gasteiger partial charge in [0.25, 0.3) is 0 Å². The fraction of sp³-hybridized carbons (Fsp3) is 0.682. The summed E-state index contributed by atoms with van der Waals surface area (Å²) in [6, 6.07) is 9.04. The van der Waals surface area contributed by atoms with E-state index in [4.69, 9.17) is 9.47 Å². The molecule has 2 fully saturated rings. The number of hydrogen-bond donors (Lipinski definition) is 1. The van der Waals surface area contributed by atoms with Crippen LogP contribution in [0, 0.1) is 0 Å². The van der Waals surface area contributed by atoms with E-state index in [2.05, 4.69) is 53.3 Å². The summed E-state index contributed by atoms with van der Waals surface area (Å²) in [6.45, 7) is 8.77. The minimum atomic E-state index is 0. The molecule has 0 bridgehead atoms. The van der Waals surface area contributed by atoms with E-state index in [0.29, 0.717) is 5.92 Å². The predicted octanol–water partition coefficient (Wildman–Crippen LogP) is 3.82. The normalized spacial score (nSPS) is 23.0. The van der Waals surface area contributed by atoms with Gasteiger partial charge in [0, 0.05) is 33.3 Å². The molecule has 1 aromatic carbocycles. The van der Waals surface area contributed by atoms with E-state index < -0.39 is 0 Å². The fourth-order valence-electron chi connectivity index (χ4n) is 3.88. The molecule has 2 atom stereocenters. The lowest BCUT2D eigenvalue weighted by atomic mass is 10.0. The molecule has 1 N–H and O–H groups in total. The van der Waals surface area contributed by atoms with Crippen molar-refractivity contribution in [1.29, 1.82) is 0 Å². The Bertz CT molecular complexity index is 600. The van der Waals surface area contributed by atoms with Crippen molar-refractivity contribution in [2.75, 3.05) is 39.9 Å². The molecule has 158 valence electrons. The van der Waals surface area contributed by atoms with Crippen molar-refractivity contribution in [1.82, 2.24) is 10.2 Å². The predicted molar refractivity (Wildman–Crippen MR) is 126 cm³/mol. The second kappa shape index (κ2) is 12.0. The molecule has 0 radical (unpaired) electrons. The molecule has 1 aromatic rings. The van der Waals surface area contributed by atoms with Gasteiger partial charge >= 0.3 is 0 Å². The molecule has 0 saturated carbocycles. The Balaban J connectivity index is 0.00000280. The van der Waals surface area contributed by atoms with Crippen LogP contribution in [0.4, 0.5) is 0 Å². The third-order valence-electron chi connectivity index (χ3n) is 5.56. The molecule has 5 nitrogen and oxygen atoms in total. The Labute approximate surface area is 187 Å². The lowest BCUT2D eigenvalue weighted by Crippen LogP contribution is -2.53. The number of aryl methyl sites for hydroxylation is 1. The maximum atomic E-state index is 5.95. The largest absolute Gasteiger partial charge is 0.375 e. The first-order valence-corrected chi connectivity index (χ1v) is 10.4. The minimum absolute atomic E-state index is 0. The van der Waals surface area contributed by atoms with Gasteiger partial charge in [-0.3, -0.25) is 4.99 Å². The topological polar surface area (TPSA) is 46.1 Å². The Kier molecular flexibility index (Phi) is 10.0. The summed E-state index contributed by atoms with van der Waals surface area (Å²) in [6.07, 6.45) is 4.86. The number of morpholine rings is 1. The van der Waals surface area contributed by atoms with Crippen LogP contribution in [-0.4, -0.2) is 63.0 Å². The lowest BCUT2D eigenvalue weighted by Gasteiger charge is -2.37. The third kappa shape index (κ3) is 6.59. The van der Waals surface area contributed by atoms with E-state index in [0.717, 1.165) is 64.5 Å². The molecule has 2 aliphatic heterocycles. The van der Waals surface area contributed by atoms with E-state index in [1.807, 2.05) is 7.05 Å². The molecule has 28 heavy (non-hydrogen) atoms. The van der Waals surface area contributed by atoms with Crippen molar-refractivity contribution in [3.8, 4) is 0 Å². The number of hydrogen-bond acceptors (Lipinski definition) is 3. The summed E-state index contributed by atoms with van der Waals surface area (Å²) in [4.78, 5) is 6.80. The van der Waals surface area contributed by atoms with Gasteiger partial charge in [0.2, 0.25) is 0 Å². The summed E-state index contributed by atoms with van der Waals surface area (Å²) < 4.78 is 11.8. The molecular formula is C22H36IN3O2. The summed E-state index contributed by atoms with van der Waals surface area (Å²) in [5.41, 5.74) is 2.81. The van der Waals surface area contributed by atoms with Gasteiger partial charge in [-0.05, 0) is 42.7 Å². The lowest BCUT2D eigenvalue weighted by molar-refractivity contribution is -0.0816. The van der Waals surface area contributed by atoms with E-state index in [9.17, 15) is 0 Å². The van der Waals surface area contributed by atoms with Crippen LogP contribution in [0.3, 0.4) is 0 Å². The zero-order chi connectivity index (χ0) is 19.1. The molecular weight excluding hydrogens is 465 g/mol. The highest BCUT2D eigenvalue weighted by atomic mass is 127. The zero-order valence-electron chi connectivity index (χ0n) is 17.5. The maximum absolute atomic E-state index is 5.95. The van der Waals surface area contributed by atoms with Crippen LogP contribution < -0.4 is 5.32 Å². The average molecular weight is 501 g/mol. The van der Waals surface area contributed by atoms with Crippen LogP contribution in [-0.2, 0) is 15.9 Å². The van der Waals surface area contributed by atoms with Crippen molar-refractivity contribution < 1.29 is 9.47 Å². The number of rotatable bonds is 6. The first-order valence-electron chi connectivity index (χ1n) is 10.4. The first-order chi connectivity index (χ1) is 13.2. The molecule has 2 aliphatic rings. The number of ether oxygens (including phenoxy) is 2. The fourth-order valence-corrected chi connectivity index (χ4v) is 3.88. The Morgan fingerprint density at radius 1 is 1.18 bits per heavy atom. The summed E-state index contributed by atoms with van der Waals surface area (Å²) >= 11 is 0. The van der Waals surface area contributed by atoms with Gasteiger partial charge in [-0.1, -0.05) is 38.1 Å². The van der Waals surface area contributed by atoms with E-state index in [1.165, 1.54) is 11.1 Å². The summed E-state index contributed by atoms with van der Waals surface area (Å²) in [5.74, 6) is 1.58. The number of aliphatic imine (C=N–C) groups is 1. The summed E-state index contributed by atoms with van der Waals surface area (Å²) in [5, 5.41) is 3.53. The third-order valence-corrected chi connectivity index (χ3v) is 5.56. The van der Waals surface area contributed by atoms with E-state index in [1.54, 1.807) is 0 Å². The van der Waals surface area contributed by atoms with Crippen molar-refractivity contribution >= 4 is 29.9 Å². The molecule has 6 heteroatoms. The molecule has 0 aliphatic carbocycles. The van der Waals surface area contributed by atoms with Crippen LogP contribution in [0.1, 0.15) is 50.2 Å². The van der Waals surface area contributed by atoms with Gasteiger partial charge in [-0.25, -0.2) is 0 Å². The van der Waals surface area contributed by atoms with E-state index >= 15 is 0 Å². The highest BCUT2D eigenvalue weighted by Gasteiger charge is 2.32. The number of guanidine groups is 1. The minimum Gasteiger partial charge on any atom is -0.375 e. The molecule has 0 aromatic heterocycles. The highest BCUT2D eigenvalue weighted by molar-refractivity contribution is 14.0. The maximum Gasteiger partial charge on any atom is 0.193 e. The number of benzene rings is 1. The number of nitrogens with zero attached hydrogens (tertiary/aromatic N) is 2. The smallest absolute Gasteiger partial charge is 0.193 e. The van der Waals surface area contributed by atoms with Crippen LogP contribution in [0.25, 0.3) is 0 Å². The second-order valence-corrected chi connectivity index (χ2v) is 7.88. The van der Waals surface area contributed by atoms with Gasteiger partial charge in [0.1, 0.15) is 6.10 Å². The van der Waals surface area contributed by atoms with Gasteiger partial charge in [-0.15, -0.1) is 24.0 Å². The average Bonchev–Trinajstić information content (AvgIpc) is 3.23. The zero-order valence-corrected chi connectivity index (χ0v) is 19.9. The van der Waals surface area contributed by atoms with Crippen molar-refractivity contribution in [2.45, 2.75) is 57.7 Å². The van der Waals surface area contributed by atoms with Crippen LogP contribution in [0.5, 0.6) is 0 Å². The Morgan fingerprint density at radius 2 is 1.93 bits per heavy atom. The van der Waals surface area contributed by atoms with Gasteiger partial charge in [-0.2, -0.15) is 0 Å². The Morgan fingerprint density at radius 3 is 2.57 bits per heavy atom.